The quantitative estimate of drug-likeness (QED) is 0.577. The Morgan fingerprint density at radius 3 is 2.77 bits per heavy atom. The molecule has 0 N–H and O–H groups in total. The Labute approximate surface area is 186 Å². The summed E-state index contributed by atoms with van der Waals surface area (Å²) >= 11 is 4.68. The Hall–Kier alpha value is -2.78. The van der Waals surface area contributed by atoms with E-state index in [1.807, 2.05) is 13.0 Å². The average molecular weight is 490 g/mol. The maximum atomic E-state index is 12.7. The summed E-state index contributed by atoms with van der Waals surface area (Å²) < 4.78 is 11.7. The second-order valence-electron chi connectivity index (χ2n) is 6.17. The maximum absolute atomic E-state index is 12.7. The van der Waals surface area contributed by atoms with E-state index in [1.54, 1.807) is 38.4 Å². The molecule has 0 aromatic heterocycles. The van der Waals surface area contributed by atoms with Gasteiger partial charge in [-0.15, -0.1) is 0 Å². The highest BCUT2D eigenvalue weighted by atomic mass is 79.9. The summed E-state index contributed by atoms with van der Waals surface area (Å²) in [5.41, 5.74) is 1.20. The number of hydrogen-bond donors (Lipinski definition) is 0. The predicted molar refractivity (Wildman–Crippen MR) is 118 cm³/mol. The van der Waals surface area contributed by atoms with Gasteiger partial charge in [-0.05, 0) is 76.1 Å². The number of amidine groups is 1. The molecule has 0 atom stereocenters. The molecular weight excluding hydrogens is 472 g/mol. The van der Waals surface area contributed by atoms with Crippen LogP contribution in [0, 0.1) is 0 Å². The van der Waals surface area contributed by atoms with Gasteiger partial charge in [-0.25, -0.2) is 4.99 Å². The number of methoxy groups -OCH3 is 1. The molecule has 1 aliphatic rings. The van der Waals surface area contributed by atoms with Crippen LogP contribution in [0.15, 0.2) is 50.8 Å². The van der Waals surface area contributed by atoms with Crippen LogP contribution in [0.2, 0.25) is 0 Å². The fourth-order valence-corrected chi connectivity index (χ4v) is 4.28. The molecule has 0 spiro atoms. The number of carbonyl (C=O) groups is 2. The predicted octanol–water partition coefficient (Wildman–Crippen LogP) is 3.45. The van der Waals surface area contributed by atoms with Gasteiger partial charge in [0.2, 0.25) is 0 Å². The Morgan fingerprint density at radius 2 is 2.10 bits per heavy atom. The van der Waals surface area contributed by atoms with Crippen LogP contribution in [0.25, 0.3) is 6.08 Å². The highest BCUT2D eigenvalue weighted by Crippen LogP contribution is 2.39. The molecule has 7 nitrogen and oxygen atoms in total. The standard InChI is InChI=1S/C21H19BrN2O5S/c1-4-29-18-15(22)8-12(9-16(18)28-3)10-17-19(25)24(2)21(30-17)23-14-7-5-6-13(11-14)20(26)27/h5-11H,4H2,1-3H3,(H,26,27)/p-1/b17-10-,23-21?. The van der Waals surface area contributed by atoms with Gasteiger partial charge < -0.3 is 19.4 Å². The lowest BCUT2D eigenvalue weighted by molar-refractivity contribution is -0.255. The normalized spacial score (nSPS) is 16.4. The van der Waals surface area contributed by atoms with Gasteiger partial charge in [0.25, 0.3) is 5.91 Å². The maximum Gasteiger partial charge on any atom is 0.266 e. The third kappa shape index (κ3) is 4.68. The molecule has 0 aliphatic carbocycles. The number of ether oxygens (including phenoxy) is 2. The van der Waals surface area contributed by atoms with E-state index in [2.05, 4.69) is 20.9 Å². The number of thioether (sulfide) groups is 1. The van der Waals surface area contributed by atoms with Crippen molar-refractivity contribution in [2.75, 3.05) is 20.8 Å². The van der Waals surface area contributed by atoms with Crippen molar-refractivity contribution in [3.05, 3.63) is 56.9 Å². The number of halogens is 1. The Morgan fingerprint density at radius 1 is 1.33 bits per heavy atom. The summed E-state index contributed by atoms with van der Waals surface area (Å²) in [6.45, 7) is 2.38. The largest absolute Gasteiger partial charge is 0.545 e. The van der Waals surface area contributed by atoms with E-state index in [1.165, 1.54) is 28.8 Å². The van der Waals surface area contributed by atoms with Crippen LogP contribution >= 0.6 is 27.7 Å². The lowest BCUT2D eigenvalue weighted by Crippen LogP contribution is -2.23. The van der Waals surface area contributed by atoms with E-state index in [4.69, 9.17) is 9.47 Å². The van der Waals surface area contributed by atoms with Crippen molar-refractivity contribution in [1.82, 2.24) is 4.90 Å². The third-order valence-corrected chi connectivity index (χ3v) is 5.80. The van der Waals surface area contributed by atoms with Gasteiger partial charge in [-0.2, -0.15) is 0 Å². The monoisotopic (exact) mass is 489 g/mol. The minimum Gasteiger partial charge on any atom is -0.545 e. The summed E-state index contributed by atoms with van der Waals surface area (Å²) in [4.78, 5) is 30.0. The van der Waals surface area contributed by atoms with Crippen LogP contribution in [0.4, 0.5) is 5.69 Å². The van der Waals surface area contributed by atoms with E-state index >= 15 is 0 Å². The molecule has 1 saturated heterocycles. The van der Waals surface area contributed by atoms with E-state index in [0.717, 1.165) is 5.56 Å². The molecule has 1 aliphatic heterocycles. The molecule has 3 rings (SSSR count). The van der Waals surface area contributed by atoms with Crippen LogP contribution < -0.4 is 14.6 Å². The third-order valence-electron chi connectivity index (χ3n) is 4.15. The summed E-state index contributed by atoms with van der Waals surface area (Å²) in [5.74, 6) is -0.343. The second-order valence-corrected chi connectivity index (χ2v) is 8.04. The molecule has 2 aromatic rings. The SMILES string of the molecule is CCOc1c(Br)cc(/C=C2\SC(=Nc3cccc(C(=O)[O-])c3)N(C)C2=O)cc1OC. The van der Waals surface area contributed by atoms with Gasteiger partial charge in [-0.1, -0.05) is 12.1 Å². The molecule has 9 heteroatoms. The molecule has 0 saturated carbocycles. The van der Waals surface area contributed by atoms with Crippen molar-refractivity contribution in [2.45, 2.75) is 6.92 Å². The number of hydrogen-bond acceptors (Lipinski definition) is 7. The minimum atomic E-state index is -1.28. The number of carbonyl (C=O) groups excluding carboxylic acids is 2. The van der Waals surface area contributed by atoms with Crippen molar-refractivity contribution < 1.29 is 24.2 Å². The van der Waals surface area contributed by atoms with Crippen molar-refractivity contribution >= 4 is 56.5 Å². The first-order valence-corrected chi connectivity index (χ1v) is 10.5. The summed E-state index contributed by atoms with van der Waals surface area (Å²) in [5, 5.41) is 11.5. The zero-order chi connectivity index (χ0) is 21.8. The lowest BCUT2D eigenvalue weighted by Gasteiger charge is -2.12. The number of nitrogens with zero attached hydrogens (tertiary/aromatic N) is 2. The van der Waals surface area contributed by atoms with E-state index in [0.29, 0.717) is 38.3 Å². The Balaban J connectivity index is 1.93. The highest BCUT2D eigenvalue weighted by Gasteiger charge is 2.30. The number of carboxylic acids is 1. The van der Waals surface area contributed by atoms with Crippen molar-refractivity contribution in [3.63, 3.8) is 0 Å². The second kappa shape index (κ2) is 9.36. The summed E-state index contributed by atoms with van der Waals surface area (Å²) in [7, 11) is 3.17. The molecule has 0 bridgehead atoms. The molecule has 30 heavy (non-hydrogen) atoms. The number of rotatable bonds is 6. The molecule has 1 fully saturated rings. The lowest BCUT2D eigenvalue weighted by atomic mass is 10.2. The molecule has 2 aromatic carbocycles. The van der Waals surface area contributed by atoms with Gasteiger partial charge in [0.05, 0.1) is 34.8 Å². The van der Waals surface area contributed by atoms with Crippen molar-refractivity contribution in [1.29, 1.82) is 0 Å². The van der Waals surface area contributed by atoms with Crippen molar-refractivity contribution in [3.8, 4) is 11.5 Å². The molecule has 1 amide bonds. The fourth-order valence-electron chi connectivity index (χ4n) is 2.72. The molecular formula is C21H18BrN2O5S-. The van der Waals surface area contributed by atoms with Crippen molar-refractivity contribution in [2.24, 2.45) is 4.99 Å². The van der Waals surface area contributed by atoms with Crippen LogP contribution in [0.3, 0.4) is 0 Å². The van der Waals surface area contributed by atoms with Crippen LogP contribution in [-0.4, -0.2) is 42.7 Å². The van der Waals surface area contributed by atoms with Crippen LogP contribution in [-0.2, 0) is 4.79 Å². The topological polar surface area (TPSA) is 91.3 Å². The molecule has 0 radical (unpaired) electrons. The van der Waals surface area contributed by atoms with E-state index in [-0.39, 0.29) is 11.5 Å². The number of aromatic carboxylic acids is 1. The zero-order valence-corrected chi connectivity index (χ0v) is 18.9. The van der Waals surface area contributed by atoms with Gasteiger partial charge in [-0.3, -0.25) is 9.69 Å². The average Bonchev–Trinajstić information content (AvgIpc) is 2.97. The molecule has 156 valence electrons. The van der Waals surface area contributed by atoms with Crippen LogP contribution in [0.1, 0.15) is 22.8 Å². The van der Waals surface area contributed by atoms with Gasteiger partial charge >= 0.3 is 0 Å². The minimum absolute atomic E-state index is 0.0240. The zero-order valence-electron chi connectivity index (χ0n) is 16.5. The highest BCUT2D eigenvalue weighted by molar-refractivity contribution is 9.10. The van der Waals surface area contributed by atoms with E-state index < -0.39 is 5.97 Å². The number of benzene rings is 2. The van der Waals surface area contributed by atoms with Gasteiger partial charge in [0.1, 0.15) is 0 Å². The Kier molecular flexibility index (Phi) is 6.84. The number of carboxylic acid groups (broad SMARTS) is 1. The first kappa shape index (κ1) is 21.9. The summed E-state index contributed by atoms with van der Waals surface area (Å²) in [6.07, 6.45) is 1.74. The molecule has 0 unspecified atom stereocenters. The molecule has 1 heterocycles. The first-order valence-electron chi connectivity index (χ1n) is 8.92. The van der Waals surface area contributed by atoms with Gasteiger partial charge in [0, 0.05) is 7.05 Å². The smallest absolute Gasteiger partial charge is 0.266 e. The van der Waals surface area contributed by atoms with Crippen LogP contribution in [0.5, 0.6) is 11.5 Å². The first-order chi connectivity index (χ1) is 14.3. The fraction of sp³-hybridized carbons (Fsp3) is 0.190. The Bertz CT molecular complexity index is 1070. The van der Waals surface area contributed by atoms with Gasteiger partial charge in [0.15, 0.2) is 16.7 Å². The number of amides is 1. The summed E-state index contributed by atoms with van der Waals surface area (Å²) in [6, 6.07) is 9.69. The van der Waals surface area contributed by atoms with E-state index in [9.17, 15) is 14.7 Å². The number of likely N-dealkylation sites (N-methyl/N-ethyl adjacent to an activating group) is 1. The number of aliphatic imine (C=N–C) groups is 1.